The first-order valence-electron chi connectivity index (χ1n) is 8.10. The smallest absolute Gasteiger partial charge is 0.414 e. The van der Waals surface area contributed by atoms with E-state index in [1.165, 1.54) is 0 Å². The number of carboxylic acid groups (broad SMARTS) is 2. The van der Waals surface area contributed by atoms with Crippen LogP contribution in [0.2, 0.25) is 5.02 Å². The first-order chi connectivity index (χ1) is 11.8. The lowest BCUT2D eigenvalue weighted by molar-refractivity contribution is -0.159. The molecule has 25 heavy (non-hydrogen) atoms. The second-order valence-electron chi connectivity index (χ2n) is 5.78. The molecule has 0 unspecified atom stereocenters. The maximum atomic E-state index is 9.10. The van der Waals surface area contributed by atoms with E-state index in [1.807, 2.05) is 26.0 Å². The van der Waals surface area contributed by atoms with Gasteiger partial charge in [-0.15, -0.1) is 0 Å². The van der Waals surface area contributed by atoms with Crippen LogP contribution in [0.15, 0.2) is 12.1 Å². The Balaban J connectivity index is 0.000000450. The summed E-state index contributed by atoms with van der Waals surface area (Å²) in [5.41, 5.74) is 2.16. The van der Waals surface area contributed by atoms with Crippen LogP contribution in [0.3, 0.4) is 0 Å². The Morgan fingerprint density at radius 1 is 1.16 bits per heavy atom. The number of hydrogen-bond acceptors (Lipinski definition) is 5. The fourth-order valence-corrected chi connectivity index (χ4v) is 2.51. The van der Waals surface area contributed by atoms with Crippen molar-refractivity contribution in [1.29, 1.82) is 0 Å². The molecule has 1 aromatic carbocycles. The first kappa shape index (κ1) is 21.2. The molecule has 1 saturated heterocycles. The predicted molar refractivity (Wildman–Crippen MR) is 95.6 cm³/mol. The molecule has 2 rings (SSSR count). The van der Waals surface area contributed by atoms with Gasteiger partial charge in [0.2, 0.25) is 0 Å². The van der Waals surface area contributed by atoms with Crippen LogP contribution in [0.1, 0.15) is 17.5 Å². The number of carboxylic acids is 2. The molecular formula is C17H25ClN2O5. The molecule has 1 fully saturated rings. The van der Waals surface area contributed by atoms with E-state index in [0.29, 0.717) is 0 Å². The van der Waals surface area contributed by atoms with E-state index in [4.69, 9.17) is 36.1 Å². The maximum absolute atomic E-state index is 9.10. The monoisotopic (exact) mass is 372 g/mol. The Kier molecular flexibility index (Phi) is 9.26. The Labute approximate surface area is 152 Å². The van der Waals surface area contributed by atoms with Crippen molar-refractivity contribution in [3.05, 3.63) is 28.3 Å². The average Bonchev–Trinajstić information content (AvgIpc) is 2.58. The number of aliphatic carboxylic acids is 2. The van der Waals surface area contributed by atoms with E-state index in [-0.39, 0.29) is 0 Å². The highest BCUT2D eigenvalue weighted by molar-refractivity contribution is 6.32. The third-order valence-corrected chi connectivity index (χ3v) is 4.29. The fourth-order valence-electron chi connectivity index (χ4n) is 2.40. The lowest BCUT2D eigenvalue weighted by Crippen LogP contribution is -2.43. The van der Waals surface area contributed by atoms with Crippen LogP contribution in [0.25, 0.3) is 0 Å². The zero-order valence-electron chi connectivity index (χ0n) is 14.5. The summed E-state index contributed by atoms with van der Waals surface area (Å²) in [6.45, 7) is 10.4. The van der Waals surface area contributed by atoms with E-state index in [0.717, 1.165) is 67.7 Å². The van der Waals surface area contributed by atoms with Gasteiger partial charge in [0.05, 0.1) is 6.61 Å². The lowest BCUT2D eigenvalue weighted by atomic mass is 10.1. The van der Waals surface area contributed by atoms with E-state index >= 15 is 0 Å². The summed E-state index contributed by atoms with van der Waals surface area (Å²) in [6.07, 6.45) is 1.07. The minimum Gasteiger partial charge on any atom is -0.494 e. The molecule has 0 aliphatic carbocycles. The Morgan fingerprint density at radius 2 is 1.68 bits per heavy atom. The van der Waals surface area contributed by atoms with Crippen molar-refractivity contribution in [3.8, 4) is 5.75 Å². The van der Waals surface area contributed by atoms with Crippen LogP contribution in [-0.4, -0.2) is 66.4 Å². The van der Waals surface area contributed by atoms with E-state index in [2.05, 4.69) is 10.2 Å². The van der Waals surface area contributed by atoms with Gasteiger partial charge in [0, 0.05) is 37.7 Å². The molecule has 7 nitrogen and oxygen atoms in total. The van der Waals surface area contributed by atoms with Gasteiger partial charge < -0.3 is 25.2 Å². The van der Waals surface area contributed by atoms with Crippen molar-refractivity contribution in [2.75, 3.05) is 39.3 Å². The van der Waals surface area contributed by atoms with E-state index in [1.54, 1.807) is 0 Å². The maximum Gasteiger partial charge on any atom is 0.414 e. The standard InChI is InChI=1S/C15H23ClN2O.C2H2O4/c1-12-10-14(11-13(2)15(12)16)19-9-3-6-18-7-4-17-5-8-18;3-1(4)2(5)6/h10-11,17H,3-9H2,1-2H3;(H,3,4)(H,5,6). The van der Waals surface area contributed by atoms with Crippen molar-refractivity contribution in [2.24, 2.45) is 0 Å². The molecule has 0 spiro atoms. The molecule has 1 aliphatic heterocycles. The van der Waals surface area contributed by atoms with Gasteiger partial charge >= 0.3 is 11.9 Å². The highest BCUT2D eigenvalue weighted by Gasteiger charge is 2.09. The van der Waals surface area contributed by atoms with Gasteiger partial charge in [0.1, 0.15) is 5.75 Å². The summed E-state index contributed by atoms with van der Waals surface area (Å²) >= 11 is 6.14. The number of piperazine rings is 1. The average molecular weight is 373 g/mol. The topological polar surface area (TPSA) is 99.1 Å². The second-order valence-corrected chi connectivity index (χ2v) is 6.15. The number of hydrogen-bond donors (Lipinski definition) is 3. The summed E-state index contributed by atoms with van der Waals surface area (Å²) in [6, 6.07) is 4.03. The molecule has 0 amide bonds. The van der Waals surface area contributed by atoms with Crippen LogP contribution in [0.5, 0.6) is 5.75 Å². The van der Waals surface area contributed by atoms with Crippen molar-refractivity contribution in [3.63, 3.8) is 0 Å². The zero-order valence-corrected chi connectivity index (χ0v) is 15.3. The van der Waals surface area contributed by atoms with Crippen LogP contribution in [0.4, 0.5) is 0 Å². The van der Waals surface area contributed by atoms with Gasteiger partial charge in [-0.25, -0.2) is 9.59 Å². The number of carbonyl (C=O) groups is 2. The molecule has 0 atom stereocenters. The molecule has 8 heteroatoms. The summed E-state index contributed by atoms with van der Waals surface area (Å²) in [7, 11) is 0. The van der Waals surface area contributed by atoms with Gasteiger partial charge in [0.15, 0.2) is 0 Å². The highest BCUT2D eigenvalue weighted by Crippen LogP contribution is 2.25. The number of nitrogens with one attached hydrogen (secondary N) is 1. The van der Waals surface area contributed by atoms with Gasteiger partial charge in [-0.2, -0.15) is 0 Å². The van der Waals surface area contributed by atoms with Crippen LogP contribution < -0.4 is 10.1 Å². The second kappa shape index (κ2) is 10.9. The molecule has 140 valence electrons. The molecule has 1 aliphatic rings. The largest absolute Gasteiger partial charge is 0.494 e. The number of benzene rings is 1. The number of aryl methyl sites for hydroxylation is 2. The number of rotatable bonds is 5. The van der Waals surface area contributed by atoms with Crippen LogP contribution >= 0.6 is 11.6 Å². The van der Waals surface area contributed by atoms with Gasteiger partial charge in [-0.1, -0.05) is 11.6 Å². The van der Waals surface area contributed by atoms with E-state index < -0.39 is 11.9 Å². The normalized spacial score (nSPS) is 14.4. The van der Waals surface area contributed by atoms with Crippen molar-refractivity contribution >= 4 is 23.5 Å². The minimum absolute atomic E-state index is 0.768. The summed E-state index contributed by atoms with van der Waals surface area (Å²) in [5.74, 6) is -2.72. The molecule has 0 aromatic heterocycles. The Hall–Kier alpha value is -1.83. The third-order valence-electron chi connectivity index (χ3n) is 3.69. The van der Waals surface area contributed by atoms with Crippen molar-refractivity contribution < 1.29 is 24.5 Å². The predicted octanol–water partition coefficient (Wildman–Crippen LogP) is 1.79. The van der Waals surface area contributed by atoms with Gasteiger partial charge in [0.25, 0.3) is 0 Å². The first-order valence-corrected chi connectivity index (χ1v) is 8.48. The summed E-state index contributed by atoms with van der Waals surface area (Å²) in [5, 5.41) is 19.0. The van der Waals surface area contributed by atoms with Crippen molar-refractivity contribution in [2.45, 2.75) is 20.3 Å². The Morgan fingerprint density at radius 3 is 2.16 bits per heavy atom. The van der Waals surface area contributed by atoms with Gasteiger partial charge in [-0.3, -0.25) is 0 Å². The van der Waals surface area contributed by atoms with Gasteiger partial charge in [-0.05, 0) is 43.5 Å². The lowest BCUT2D eigenvalue weighted by Gasteiger charge is -2.27. The van der Waals surface area contributed by atoms with Crippen LogP contribution in [0, 0.1) is 13.8 Å². The SMILES string of the molecule is Cc1cc(OCCCN2CCNCC2)cc(C)c1Cl.O=C(O)C(=O)O. The number of nitrogens with zero attached hydrogens (tertiary/aromatic N) is 1. The Bertz CT molecular complexity index is 553. The third kappa shape index (κ3) is 8.20. The quantitative estimate of drug-likeness (QED) is 0.535. The number of ether oxygens (including phenoxy) is 1. The van der Waals surface area contributed by atoms with Crippen LogP contribution in [-0.2, 0) is 9.59 Å². The molecule has 3 N–H and O–H groups in total. The minimum atomic E-state index is -1.82. The molecule has 0 saturated carbocycles. The highest BCUT2D eigenvalue weighted by atomic mass is 35.5. The molecular weight excluding hydrogens is 348 g/mol. The van der Waals surface area contributed by atoms with E-state index in [9.17, 15) is 0 Å². The zero-order chi connectivity index (χ0) is 18.8. The molecule has 1 heterocycles. The number of halogens is 1. The fraction of sp³-hybridized carbons (Fsp3) is 0.529. The molecule has 0 radical (unpaired) electrons. The van der Waals surface area contributed by atoms with Crippen molar-refractivity contribution in [1.82, 2.24) is 10.2 Å². The summed E-state index contributed by atoms with van der Waals surface area (Å²) in [4.78, 5) is 20.7. The molecule has 1 aromatic rings. The molecule has 0 bridgehead atoms. The summed E-state index contributed by atoms with van der Waals surface area (Å²) < 4.78 is 5.81.